The smallest absolute Gasteiger partial charge is 0.293 e. The lowest BCUT2D eigenvalue weighted by Gasteiger charge is -2.18. The van der Waals surface area contributed by atoms with Crippen molar-refractivity contribution in [2.45, 2.75) is 12.8 Å². The second-order valence-corrected chi connectivity index (χ2v) is 7.30. The number of thiocarbonyl (C=S) groups is 1. The van der Waals surface area contributed by atoms with Crippen LogP contribution in [0.1, 0.15) is 23.2 Å². The lowest BCUT2D eigenvalue weighted by Crippen LogP contribution is -2.34. The van der Waals surface area contributed by atoms with E-state index in [1.165, 1.54) is 30.3 Å². The van der Waals surface area contributed by atoms with Gasteiger partial charge in [-0.3, -0.25) is 30.3 Å². The van der Waals surface area contributed by atoms with Crippen molar-refractivity contribution in [3.8, 4) is 0 Å². The maximum Gasteiger partial charge on any atom is 0.293 e. The van der Waals surface area contributed by atoms with Gasteiger partial charge in [0, 0.05) is 36.5 Å². The molecule has 1 heterocycles. The van der Waals surface area contributed by atoms with Crippen LogP contribution in [0.3, 0.4) is 0 Å². The van der Waals surface area contributed by atoms with Crippen molar-refractivity contribution < 1.29 is 14.6 Å². The molecule has 0 bridgehead atoms. The summed E-state index contributed by atoms with van der Waals surface area (Å²) < 4.78 is 0. The van der Waals surface area contributed by atoms with E-state index in [0.29, 0.717) is 5.69 Å². The maximum atomic E-state index is 12.5. The maximum absolute atomic E-state index is 12.5. The number of hydrogen-bond acceptors (Lipinski definition) is 7. The molecule has 0 radical (unpaired) electrons. The zero-order valence-corrected chi connectivity index (χ0v) is 17.0. The molecule has 2 N–H and O–H groups in total. The molecule has 0 atom stereocenters. The third kappa shape index (κ3) is 4.81. The second-order valence-electron chi connectivity index (χ2n) is 6.49. The highest BCUT2D eigenvalue weighted by atomic mass is 35.5. The fourth-order valence-corrected chi connectivity index (χ4v) is 3.50. The van der Waals surface area contributed by atoms with Gasteiger partial charge in [-0.1, -0.05) is 11.6 Å². The largest absolute Gasteiger partial charge is 0.366 e. The van der Waals surface area contributed by atoms with E-state index >= 15 is 0 Å². The highest BCUT2D eigenvalue weighted by Gasteiger charge is 2.24. The molecule has 1 fully saturated rings. The lowest BCUT2D eigenvalue weighted by atomic mass is 10.1. The van der Waals surface area contributed by atoms with Crippen molar-refractivity contribution in [1.29, 1.82) is 0 Å². The summed E-state index contributed by atoms with van der Waals surface area (Å²) in [4.78, 5) is 35.7. The molecule has 1 aliphatic heterocycles. The molecule has 156 valence electrons. The van der Waals surface area contributed by atoms with E-state index in [4.69, 9.17) is 23.8 Å². The summed E-state index contributed by atoms with van der Waals surface area (Å²) >= 11 is 10.8. The van der Waals surface area contributed by atoms with Gasteiger partial charge in [-0.2, -0.15) is 0 Å². The van der Waals surface area contributed by atoms with Crippen LogP contribution in [-0.2, 0) is 0 Å². The van der Waals surface area contributed by atoms with Gasteiger partial charge in [0.05, 0.1) is 9.85 Å². The van der Waals surface area contributed by atoms with Gasteiger partial charge in [-0.25, -0.2) is 0 Å². The van der Waals surface area contributed by atoms with Crippen molar-refractivity contribution in [2.75, 3.05) is 23.3 Å². The molecule has 30 heavy (non-hydrogen) atoms. The van der Waals surface area contributed by atoms with Gasteiger partial charge in [0.25, 0.3) is 17.3 Å². The van der Waals surface area contributed by atoms with Gasteiger partial charge in [0.15, 0.2) is 5.11 Å². The van der Waals surface area contributed by atoms with Crippen LogP contribution in [0, 0.1) is 20.2 Å². The fraction of sp³-hybridized carbons (Fsp3) is 0.222. The van der Waals surface area contributed by atoms with Crippen LogP contribution in [0.5, 0.6) is 0 Å². The quantitative estimate of drug-likeness (QED) is 0.399. The van der Waals surface area contributed by atoms with E-state index in [2.05, 4.69) is 10.6 Å². The predicted octanol–water partition coefficient (Wildman–Crippen LogP) is 3.88. The zero-order valence-electron chi connectivity index (χ0n) is 15.5. The molecular weight excluding hydrogens is 434 g/mol. The van der Waals surface area contributed by atoms with E-state index in [0.717, 1.165) is 25.9 Å². The monoisotopic (exact) mass is 449 g/mol. The minimum Gasteiger partial charge on any atom is -0.366 e. The summed E-state index contributed by atoms with van der Waals surface area (Å²) in [5.74, 6) is -0.646. The Morgan fingerprint density at radius 1 is 1.03 bits per heavy atom. The van der Waals surface area contributed by atoms with Gasteiger partial charge in [0.2, 0.25) is 0 Å². The first-order chi connectivity index (χ1) is 14.3. The summed E-state index contributed by atoms with van der Waals surface area (Å²) in [5, 5.41) is 27.3. The van der Waals surface area contributed by atoms with Gasteiger partial charge in [-0.05, 0) is 49.3 Å². The molecule has 2 aromatic carbocycles. The number of rotatable bonds is 5. The minimum atomic E-state index is -0.646. The number of anilines is 2. The van der Waals surface area contributed by atoms with Gasteiger partial charge < -0.3 is 10.2 Å². The highest BCUT2D eigenvalue weighted by molar-refractivity contribution is 7.80. The van der Waals surface area contributed by atoms with Crippen molar-refractivity contribution in [1.82, 2.24) is 5.32 Å². The first-order valence-electron chi connectivity index (χ1n) is 8.86. The number of nitro benzene ring substituents is 2. The van der Waals surface area contributed by atoms with Crippen LogP contribution < -0.4 is 15.5 Å². The molecule has 2 aromatic rings. The average molecular weight is 450 g/mol. The number of nitro groups is 2. The molecule has 0 aliphatic carbocycles. The number of carbonyl (C=O) groups excluding carboxylic acids is 1. The van der Waals surface area contributed by atoms with E-state index in [1.807, 2.05) is 4.90 Å². The number of halogens is 1. The second kappa shape index (κ2) is 9.01. The molecule has 0 aromatic heterocycles. The average Bonchev–Trinajstić information content (AvgIpc) is 3.23. The topological polar surface area (TPSA) is 131 Å². The molecule has 1 saturated heterocycles. The van der Waals surface area contributed by atoms with Gasteiger partial charge in [-0.15, -0.1) is 0 Å². The molecular formula is C18H16ClN5O5S. The van der Waals surface area contributed by atoms with Crippen LogP contribution in [0.15, 0.2) is 36.4 Å². The summed E-state index contributed by atoms with van der Waals surface area (Å²) in [6.07, 6.45) is 1.92. The summed E-state index contributed by atoms with van der Waals surface area (Å²) in [6, 6.07) is 8.22. The molecule has 1 amide bonds. The molecule has 3 rings (SSSR count). The Labute approximate surface area is 181 Å². The SMILES string of the molecule is O=C(NC(=S)Nc1ccc(Cl)c([N+](=O)[O-])c1)c1ccc(N2CCCC2)c([N+](=O)[O-])c1. The van der Waals surface area contributed by atoms with Crippen LogP contribution >= 0.6 is 23.8 Å². The predicted molar refractivity (Wildman–Crippen MR) is 116 cm³/mol. The molecule has 10 nitrogen and oxygen atoms in total. The van der Waals surface area contributed by atoms with E-state index < -0.39 is 15.8 Å². The molecule has 0 saturated carbocycles. The summed E-state index contributed by atoms with van der Waals surface area (Å²) in [7, 11) is 0. The third-order valence-electron chi connectivity index (χ3n) is 4.51. The number of amides is 1. The van der Waals surface area contributed by atoms with Crippen LogP contribution in [-0.4, -0.2) is 34.0 Å². The van der Waals surface area contributed by atoms with Crippen LogP contribution in [0.25, 0.3) is 0 Å². The summed E-state index contributed by atoms with van der Waals surface area (Å²) in [5.41, 5.74) is 0.326. The normalized spacial score (nSPS) is 13.0. The Kier molecular flexibility index (Phi) is 6.43. The number of benzene rings is 2. The number of carbonyl (C=O) groups is 1. The molecule has 0 unspecified atom stereocenters. The molecule has 1 aliphatic rings. The Bertz CT molecular complexity index is 1040. The first-order valence-corrected chi connectivity index (χ1v) is 9.64. The van der Waals surface area contributed by atoms with Gasteiger partial charge in [0.1, 0.15) is 10.7 Å². The number of nitrogens with one attached hydrogen (secondary N) is 2. The lowest BCUT2D eigenvalue weighted by molar-refractivity contribution is -0.384. The van der Waals surface area contributed by atoms with Crippen molar-refractivity contribution in [3.05, 3.63) is 67.2 Å². The Balaban J connectivity index is 1.73. The first kappa shape index (κ1) is 21.4. The highest BCUT2D eigenvalue weighted by Crippen LogP contribution is 2.32. The van der Waals surface area contributed by atoms with E-state index in [1.54, 1.807) is 6.07 Å². The Morgan fingerprint density at radius 2 is 1.70 bits per heavy atom. The van der Waals surface area contributed by atoms with Crippen molar-refractivity contribution >= 4 is 57.6 Å². The summed E-state index contributed by atoms with van der Waals surface area (Å²) in [6.45, 7) is 1.46. The standard InChI is InChI=1S/C18H16ClN5O5S/c19-13-5-4-12(10-15(13)23(26)27)20-18(30)21-17(25)11-3-6-14(16(9-11)24(28)29)22-7-1-2-8-22/h3-6,9-10H,1-2,7-8H2,(H2,20,21,25,30). The van der Waals surface area contributed by atoms with Crippen molar-refractivity contribution in [2.24, 2.45) is 0 Å². The van der Waals surface area contributed by atoms with E-state index in [9.17, 15) is 25.0 Å². The van der Waals surface area contributed by atoms with Crippen LogP contribution in [0.4, 0.5) is 22.7 Å². The minimum absolute atomic E-state index is 0.0362. The fourth-order valence-electron chi connectivity index (χ4n) is 3.10. The Morgan fingerprint density at radius 3 is 2.33 bits per heavy atom. The van der Waals surface area contributed by atoms with E-state index in [-0.39, 0.29) is 32.8 Å². The molecule has 12 heteroatoms. The van der Waals surface area contributed by atoms with Gasteiger partial charge >= 0.3 is 0 Å². The number of nitrogens with zero attached hydrogens (tertiary/aromatic N) is 3. The Hall–Kier alpha value is -3.31. The zero-order chi connectivity index (χ0) is 21.8. The molecule has 0 spiro atoms. The van der Waals surface area contributed by atoms with Crippen molar-refractivity contribution in [3.63, 3.8) is 0 Å². The third-order valence-corrected chi connectivity index (χ3v) is 5.03. The van der Waals surface area contributed by atoms with Crippen LogP contribution in [0.2, 0.25) is 5.02 Å². The number of hydrogen-bond donors (Lipinski definition) is 2.